The summed E-state index contributed by atoms with van der Waals surface area (Å²) in [7, 11) is 0. The van der Waals surface area contributed by atoms with Crippen LogP contribution in [0, 0.1) is 0 Å². The van der Waals surface area contributed by atoms with E-state index in [0.717, 1.165) is 47.5 Å². The summed E-state index contributed by atoms with van der Waals surface area (Å²) in [5.74, 6) is 2.55. The number of hydrogen-bond donors (Lipinski definition) is 1. The Morgan fingerprint density at radius 3 is 2.57 bits per heavy atom. The second-order valence-electron chi connectivity index (χ2n) is 4.68. The molecule has 3 nitrogen and oxygen atoms in total. The third kappa shape index (κ3) is 5.21. The maximum absolute atomic E-state index is 5.90. The molecule has 112 valence electrons. The summed E-state index contributed by atoms with van der Waals surface area (Å²) in [5.41, 5.74) is 1.11. The third-order valence-electron chi connectivity index (χ3n) is 2.87. The number of benzene rings is 1. The van der Waals surface area contributed by atoms with E-state index in [2.05, 4.69) is 29.1 Å². The molecule has 1 aromatic carbocycles. The Labute approximate surface area is 135 Å². The van der Waals surface area contributed by atoms with Crippen LogP contribution in [-0.2, 0) is 12.2 Å². The van der Waals surface area contributed by atoms with Crippen LogP contribution in [0.4, 0.5) is 5.82 Å². The summed E-state index contributed by atoms with van der Waals surface area (Å²) in [6.07, 6.45) is 2.08. The number of anilines is 1. The van der Waals surface area contributed by atoms with Crippen molar-refractivity contribution in [3.63, 3.8) is 0 Å². The predicted octanol–water partition coefficient (Wildman–Crippen LogP) is 4.81. The third-order valence-corrected chi connectivity index (χ3v) is 4.13. The van der Waals surface area contributed by atoms with Crippen LogP contribution in [-0.4, -0.2) is 16.5 Å². The van der Waals surface area contributed by atoms with Crippen molar-refractivity contribution in [2.75, 3.05) is 11.9 Å². The van der Waals surface area contributed by atoms with Gasteiger partial charge in [-0.05, 0) is 37.6 Å². The standard InChI is InChI=1S/C16H20ClN3S/c1-3-5-13-10-15(18-4-2)20-16(19-13)11-21-14-8-6-12(17)7-9-14/h6-10H,3-5,11H2,1-2H3,(H,18,19,20). The summed E-state index contributed by atoms with van der Waals surface area (Å²) in [6.45, 7) is 5.10. The van der Waals surface area contributed by atoms with E-state index in [9.17, 15) is 0 Å². The zero-order chi connectivity index (χ0) is 15.1. The second-order valence-corrected chi connectivity index (χ2v) is 6.17. The lowest BCUT2D eigenvalue weighted by Crippen LogP contribution is -2.05. The lowest BCUT2D eigenvalue weighted by Gasteiger charge is -2.08. The van der Waals surface area contributed by atoms with Gasteiger partial charge in [-0.15, -0.1) is 11.8 Å². The van der Waals surface area contributed by atoms with Crippen molar-refractivity contribution in [2.45, 2.75) is 37.3 Å². The molecular weight excluding hydrogens is 302 g/mol. The van der Waals surface area contributed by atoms with Crippen LogP contribution in [0.25, 0.3) is 0 Å². The Morgan fingerprint density at radius 2 is 1.90 bits per heavy atom. The van der Waals surface area contributed by atoms with Gasteiger partial charge in [-0.3, -0.25) is 0 Å². The Morgan fingerprint density at radius 1 is 1.14 bits per heavy atom. The molecule has 21 heavy (non-hydrogen) atoms. The van der Waals surface area contributed by atoms with E-state index in [1.54, 1.807) is 11.8 Å². The van der Waals surface area contributed by atoms with Gasteiger partial charge in [0, 0.05) is 28.2 Å². The fraction of sp³-hybridized carbons (Fsp3) is 0.375. The topological polar surface area (TPSA) is 37.8 Å². The maximum atomic E-state index is 5.90. The molecule has 0 aliphatic carbocycles. The van der Waals surface area contributed by atoms with Crippen molar-refractivity contribution in [1.29, 1.82) is 0 Å². The minimum atomic E-state index is 0.759. The van der Waals surface area contributed by atoms with Gasteiger partial charge in [0.2, 0.25) is 0 Å². The Kier molecular flexibility index (Phi) is 6.33. The van der Waals surface area contributed by atoms with Gasteiger partial charge in [-0.1, -0.05) is 24.9 Å². The number of nitrogens with one attached hydrogen (secondary N) is 1. The van der Waals surface area contributed by atoms with Gasteiger partial charge in [0.05, 0.1) is 5.75 Å². The van der Waals surface area contributed by atoms with Gasteiger partial charge in [-0.2, -0.15) is 0 Å². The van der Waals surface area contributed by atoms with Crippen molar-refractivity contribution in [3.8, 4) is 0 Å². The largest absolute Gasteiger partial charge is 0.370 e. The number of hydrogen-bond acceptors (Lipinski definition) is 4. The van der Waals surface area contributed by atoms with Crippen LogP contribution in [0.5, 0.6) is 0 Å². The second kappa shape index (κ2) is 8.25. The van der Waals surface area contributed by atoms with Gasteiger partial charge in [0.25, 0.3) is 0 Å². The van der Waals surface area contributed by atoms with E-state index < -0.39 is 0 Å². The van der Waals surface area contributed by atoms with Crippen molar-refractivity contribution < 1.29 is 0 Å². The molecule has 5 heteroatoms. The molecule has 0 saturated carbocycles. The zero-order valence-electron chi connectivity index (χ0n) is 12.4. The van der Waals surface area contributed by atoms with Gasteiger partial charge >= 0.3 is 0 Å². The fourth-order valence-electron chi connectivity index (χ4n) is 1.95. The van der Waals surface area contributed by atoms with Gasteiger partial charge < -0.3 is 5.32 Å². The quantitative estimate of drug-likeness (QED) is 0.743. The van der Waals surface area contributed by atoms with E-state index >= 15 is 0 Å². The van der Waals surface area contributed by atoms with Crippen LogP contribution < -0.4 is 5.32 Å². The molecule has 0 spiro atoms. The molecule has 0 amide bonds. The Hall–Kier alpha value is -1.26. The number of halogens is 1. The summed E-state index contributed by atoms with van der Waals surface area (Å²) in [5, 5.41) is 4.03. The first-order valence-electron chi connectivity index (χ1n) is 7.20. The number of aryl methyl sites for hydroxylation is 1. The number of nitrogens with zero attached hydrogens (tertiary/aromatic N) is 2. The highest BCUT2D eigenvalue weighted by molar-refractivity contribution is 7.98. The predicted molar refractivity (Wildman–Crippen MR) is 91.2 cm³/mol. The van der Waals surface area contributed by atoms with Crippen LogP contribution in [0.3, 0.4) is 0 Å². The molecular formula is C16H20ClN3S. The summed E-state index contributed by atoms with van der Waals surface area (Å²) < 4.78 is 0. The molecule has 0 unspecified atom stereocenters. The average molecular weight is 322 g/mol. The number of rotatable bonds is 7. The van der Waals surface area contributed by atoms with Gasteiger partial charge in [-0.25, -0.2) is 9.97 Å². The molecule has 1 N–H and O–H groups in total. The van der Waals surface area contributed by atoms with E-state index in [-0.39, 0.29) is 0 Å². The Bertz CT molecular complexity index is 548. The molecule has 2 rings (SSSR count). The van der Waals surface area contributed by atoms with Crippen LogP contribution >= 0.6 is 23.4 Å². The highest BCUT2D eigenvalue weighted by Crippen LogP contribution is 2.23. The normalized spacial score (nSPS) is 10.6. The summed E-state index contributed by atoms with van der Waals surface area (Å²) in [4.78, 5) is 10.4. The molecule has 1 aromatic heterocycles. The molecule has 0 fully saturated rings. The number of thioether (sulfide) groups is 1. The first-order chi connectivity index (χ1) is 10.2. The molecule has 1 heterocycles. The van der Waals surface area contributed by atoms with Gasteiger partial charge in [0.1, 0.15) is 11.6 Å². The molecule has 2 aromatic rings. The fourth-order valence-corrected chi connectivity index (χ4v) is 2.83. The molecule has 0 atom stereocenters. The molecule has 0 saturated heterocycles. The summed E-state index contributed by atoms with van der Waals surface area (Å²) in [6, 6.07) is 9.90. The van der Waals surface area contributed by atoms with Crippen molar-refractivity contribution >= 4 is 29.2 Å². The van der Waals surface area contributed by atoms with Crippen LogP contribution in [0.2, 0.25) is 5.02 Å². The molecule has 0 aliphatic heterocycles. The summed E-state index contributed by atoms with van der Waals surface area (Å²) >= 11 is 7.62. The number of aromatic nitrogens is 2. The van der Waals surface area contributed by atoms with Crippen molar-refractivity contribution in [1.82, 2.24) is 9.97 Å². The minimum absolute atomic E-state index is 0.759. The SMILES string of the molecule is CCCc1cc(NCC)nc(CSc2ccc(Cl)cc2)n1. The van der Waals surface area contributed by atoms with Crippen LogP contribution in [0.15, 0.2) is 35.2 Å². The lowest BCUT2D eigenvalue weighted by atomic mass is 10.2. The van der Waals surface area contributed by atoms with Gasteiger partial charge in [0.15, 0.2) is 0 Å². The smallest absolute Gasteiger partial charge is 0.141 e. The van der Waals surface area contributed by atoms with E-state index in [1.165, 1.54) is 4.90 Å². The first-order valence-corrected chi connectivity index (χ1v) is 8.56. The van der Waals surface area contributed by atoms with Crippen LogP contribution in [0.1, 0.15) is 31.8 Å². The molecule has 0 radical (unpaired) electrons. The van der Waals surface area contributed by atoms with E-state index in [1.807, 2.05) is 30.3 Å². The minimum Gasteiger partial charge on any atom is -0.370 e. The monoisotopic (exact) mass is 321 g/mol. The average Bonchev–Trinajstić information content (AvgIpc) is 2.47. The first kappa shape index (κ1) is 16.1. The van der Waals surface area contributed by atoms with E-state index in [4.69, 9.17) is 11.6 Å². The molecule has 0 bridgehead atoms. The molecule has 0 aliphatic rings. The highest BCUT2D eigenvalue weighted by Gasteiger charge is 2.05. The van der Waals surface area contributed by atoms with E-state index in [0.29, 0.717) is 0 Å². The highest BCUT2D eigenvalue weighted by atomic mass is 35.5. The zero-order valence-corrected chi connectivity index (χ0v) is 14.0. The van der Waals surface area contributed by atoms with Crippen molar-refractivity contribution in [2.24, 2.45) is 0 Å². The lowest BCUT2D eigenvalue weighted by molar-refractivity contribution is 0.853. The maximum Gasteiger partial charge on any atom is 0.141 e. The van der Waals surface area contributed by atoms with Crippen molar-refractivity contribution in [3.05, 3.63) is 46.9 Å². The Balaban J connectivity index is 2.08.